The molecule has 12 heavy (non-hydrogen) atoms. The van der Waals surface area contributed by atoms with Crippen molar-refractivity contribution in [3.8, 4) is 17.6 Å². The van der Waals surface area contributed by atoms with Crippen LogP contribution in [0, 0.1) is 11.8 Å². The molecule has 0 aromatic heterocycles. The van der Waals surface area contributed by atoms with E-state index in [1.807, 2.05) is 0 Å². The number of rotatable bonds is 0. The van der Waals surface area contributed by atoms with Gasteiger partial charge in [-0.15, -0.1) is 11.6 Å². The van der Waals surface area contributed by atoms with E-state index in [0.717, 1.165) is 0 Å². The summed E-state index contributed by atoms with van der Waals surface area (Å²) in [6.07, 6.45) is 0. The average molecular weight is 182 g/mol. The monoisotopic (exact) mass is 181 g/mol. The molecule has 0 atom stereocenters. The summed E-state index contributed by atoms with van der Waals surface area (Å²) in [7, 11) is 0. The van der Waals surface area contributed by atoms with Crippen LogP contribution in [0.25, 0.3) is 0 Å². The fraction of sp³-hybridized carbons (Fsp3) is 0.111. The summed E-state index contributed by atoms with van der Waals surface area (Å²) in [5.41, 5.74) is 6.71. The van der Waals surface area contributed by atoms with Crippen molar-refractivity contribution in [2.45, 2.75) is 0 Å². The third-order valence-electron chi connectivity index (χ3n) is 1.33. The Labute approximate surface area is 76.0 Å². The molecular weight excluding hydrogens is 174 g/mol. The molecule has 3 N–H and O–H groups in total. The molecule has 3 heteroatoms. The lowest BCUT2D eigenvalue weighted by Gasteiger charge is -1.97. The minimum atomic E-state index is 0.143. The second kappa shape index (κ2) is 3.89. The van der Waals surface area contributed by atoms with Crippen LogP contribution in [0.1, 0.15) is 5.56 Å². The maximum atomic E-state index is 9.01. The highest BCUT2D eigenvalue weighted by atomic mass is 35.5. The van der Waals surface area contributed by atoms with E-state index >= 15 is 0 Å². The first-order chi connectivity index (χ1) is 5.74. The lowest BCUT2D eigenvalue weighted by atomic mass is 10.2. The zero-order chi connectivity index (χ0) is 8.97. The summed E-state index contributed by atoms with van der Waals surface area (Å²) in [5, 5.41) is 9.01. The molecule has 1 aromatic rings. The Morgan fingerprint density at radius 2 is 2.25 bits per heavy atom. The van der Waals surface area contributed by atoms with Gasteiger partial charge in [0.1, 0.15) is 5.75 Å². The number of benzene rings is 1. The number of nitrogens with two attached hydrogens (primary N) is 1. The Hall–Kier alpha value is -1.33. The van der Waals surface area contributed by atoms with E-state index in [1.54, 1.807) is 6.07 Å². The number of phenols is 1. The van der Waals surface area contributed by atoms with Crippen LogP contribution in [0.5, 0.6) is 5.75 Å². The molecule has 0 saturated carbocycles. The number of halogens is 1. The second-order valence-electron chi connectivity index (χ2n) is 2.21. The smallest absolute Gasteiger partial charge is 0.117 e. The van der Waals surface area contributed by atoms with Crippen molar-refractivity contribution in [2.24, 2.45) is 0 Å². The molecule has 0 fully saturated rings. The Kier molecular flexibility index (Phi) is 2.84. The molecule has 0 aliphatic carbocycles. The van der Waals surface area contributed by atoms with E-state index in [-0.39, 0.29) is 11.6 Å². The number of hydrogen-bond donors (Lipinski definition) is 2. The highest BCUT2D eigenvalue weighted by Crippen LogP contribution is 2.17. The predicted octanol–water partition coefficient (Wildman–Crippen LogP) is 1.56. The SMILES string of the molecule is Nc1cc(O)ccc1C#CCCl. The predicted molar refractivity (Wildman–Crippen MR) is 50.1 cm³/mol. The standard InChI is InChI=1S/C9H8ClNO/c10-5-1-2-7-3-4-8(12)6-9(7)11/h3-4,6,12H,5,11H2. The van der Waals surface area contributed by atoms with Crippen LogP contribution in [0.15, 0.2) is 18.2 Å². The highest BCUT2D eigenvalue weighted by molar-refractivity contribution is 6.19. The van der Waals surface area contributed by atoms with Crippen LogP contribution < -0.4 is 5.73 Å². The third kappa shape index (κ3) is 2.08. The Morgan fingerprint density at radius 3 is 2.83 bits per heavy atom. The van der Waals surface area contributed by atoms with Gasteiger partial charge in [0.2, 0.25) is 0 Å². The fourth-order valence-electron chi connectivity index (χ4n) is 0.793. The quantitative estimate of drug-likeness (QED) is 0.363. The van der Waals surface area contributed by atoms with Gasteiger partial charge in [0.15, 0.2) is 0 Å². The molecule has 0 heterocycles. The summed E-state index contributed by atoms with van der Waals surface area (Å²) >= 11 is 5.37. The van der Waals surface area contributed by atoms with Crippen molar-refractivity contribution in [3.63, 3.8) is 0 Å². The van der Waals surface area contributed by atoms with Crippen molar-refractivity contribution in [1.82, 2.24) is 0 Å². The van der Waals surface area contributed by atoms with Gasteiger partial charge in [-0.3, -0.25) is 0 Å². The van der Waals surface area contributed by atoms with Gasteiger partial charge in [0.25, 0.3) is 0 Å². The molecule has 0 unspecified atom stereocenters. The van der Waals surface area contributed by atoms with Gasteiger partial charge in [-0.2, -0.15) is 0 Å². The molecule has 0 bridgehead atoms. The number of phenolic OH excluding ortho intramolecular Hbond substituents is 1. The van der Waals surface area contributed by atoms with E-state index in [0.29, 0.717) is 11.3 Å². The lowest BCUT2D eigenvalue weighted by Crippen LogP contribution is -1.88. The van der Waals surface area contributed by atoms with E-state index in [4.69, 9.17) is 22.4 Å². The molecule has 0 amide bonds. The van der Waals surface area contributed by atoms with Crippen molar-refractivity contribution in [1.29, 1.82) is 0 Å². The molecule has 0 aliphatic heterocycles. The van der Waals surface area contributed by atoms with Gasteiger partial charge in [-0.05, 0) is 12.1 Å². The van der Waals surface area contributed by atoms with Crippen LogP contribution in [-0.2, 0) is 0 Å². The minimum absolute atomic E-state index is 0.143. The number of anilines is 1. The second-order valence-corrected chi connectivity index (χ2v) is 2.47. The van der Waals surface area contributed by atoms with E-state index < -0.39 is 0 Å². The topological polar surface area (TPSA) is 46.2 Å². The van der Waals surface area contributed by atoms with Crippen LogP contribution in [-0.4, -0.2) is 11.0 Å². The van der Waals surface area contributed by atoms with Gasteiger partial charge in [-0.1, -0.05) is 11.8 Å². The maximum Gasteiger partial charge on any atom is 0.117 e. The molecular formula is C9H8ClNO. The van der Waals surface area contributed by atoms with Gasteiger partial charge >= 0.3 is 0 Å². The van der Waals surface area contributed by atoms with E-state index in [9.17, 15) is 0 Å². The van der Waals surface area contributed by atoms with Crippen molar-refractivity contribution in [3.05, 3.63) is 23.8 Å². The molecule has 1 aromatic carbocycles. The normalized spacial score (nSPS) is 8.75. The first-order valence-electron chi connectivity index (χ1n) is 3.37. The third-order valence-corrected chi connectivity index (χ3v) is 1.46. The minimum Gasteiger partial charge on any atom is -0.508 e. The van der Waals surface area contributed by atoms with Crippen molar-refractivity contribution < 1.29 is 5.11 Å². The number of aromatic hydroxyl groups is 1. The van der Waals surface area contributed by atoms with E-state index in [1.165, 1.54) is 12.1 Å². The van der Waals surface area contributed by atoms with Gasteiger partial charge in [-0.25, -0.2) is 0 Å². The Bertz CT molecular complexity index is 338. The highest BCUT2D eigenvalue weighted by Gasteiger charge is 1.95. The summed E-state index contributed by atoms with van der Waals surface area (Å²) in [5.74, 6) is 5.87. The van der Waals surface area contributed by atoms with Gasteiger partial charge in [0, 0.05) is 11.6 Å². The van der Waals surface area contributed by atoms with Crippen LogP contribution >= 0.6 is 11.6 Å². The summed E-state index contributed by atoms with van der Waals surface area (Å²) < 4.78 is 0. The number of nitrogen functional groups attached to an aromatic ring is 1. The molecule has 62 valence electrons. The van der Waals surface area contributed by atoms with Crippen molar-refractivity contribution in [2.75, 3.05) is 11.6 Å². The Balaban J connectivity index is 3.01. The fourth-order valence-corrected chi connectivity index (χ4v) is 0.859. The number of alkyl halides is 1. The molecule has 1 rings (SSSR count). The zero-order valence-corrected chi connectivity index (χ0v) is 7.10. The molecule has 0 aliphatic rings. The number of hydrogen-bond acceptors (Lipinski definition) is 2. The van der Waals surface area contributed by atoms with Crippen LogP contribution in [0.2, 0.25) is 0 Å². The molecule has 0 radical (unpaired) electrons. The Morgan fingerprint density at radius 1 is 1.50 bits per heavy atom. The maximum absolute atomic E-state index is 9.01. The van der Waals surface area contributed by atoms with Gasteiger partial charge < -0.3 is 10.8 Å². The molecule has 2 nitrogen and oxygen atoms in total. The van der Waals surface area contributed by atoms with Crippen molar-refractivity contribution >= 4 is 17.3 Å². The summed E-state index contributed by atoms with van der Waals surface area (Å²) in [6.45, 7) is 0. The van der Waals surface area contributed by atoms with Crippen LogP contribution in [0.3, 0.4) is 0 Å². The lowest BCUT2D eigenvalue weighted by molar-refractivity contribution is 0.475. The first-order valence-corrected chi connectivity index (χ1v) is 3.91. The van der Waals surface area contributed by atoms with Crippen LogP contribution in [0.4, 0.5) is 5.69 Å². The van der Waals surface area contributed by atoms with Gasteiger partial charge in [0.05, 0.1) is 11.6 Å². The average Bonchev–Trinajstić information content (AvgIpc) is 2.03. The summed E-state index contributed by atoms with van der Waals surface area (Å²) in [6, 6.07) is 4.65. The molecule has 0 spiro atoms. The zero-order valence-electron chi connectivity index (χ0n) is 6.34. The summed E-state index contributed by atoms with van der Waals surface area (Å²) in [4.78, 5) is 0. The first kappa shape index (κ1) is 8.76. The molecule has 0 saturated heterocycles. The van der Waals surface area contributed by atoms with E-state index in [2.05, 4.69) is 11.8 Å². The largest absolute Gasteiger partial charge is 0.508 e.